The molecule has 6 nitrogen and oxygen atoms in total. The van der Waals surface area contributed by atoms with E-state index in [1.54, 1.807) is 35.6 Å². The monoisotopic (exact) mass is 397 g/mol. The number of morpholine rings is 1. The minimum absolute atomic E-state index is 0.00523. The second-order valence-electron chi connectivity index (χ2n) is 7.05. The summed E-state index contributed by atoms with van der Waals surface area (Å²) in [5, 5.41) is 2.95. The van der Waals surface area contributed by atoms with Gasteiger partial charge < -0.3 is 15.0 Å². The van der Waals surface area contributed by atoms with Gasteiger partial charge in [0.1, 0.15) is 5.69 Å². The Morgan fingerprint density at radius 1 is 1.21 bits per heavy atom. The maximum absolute atomic E-state index is 13.0. The third-order valence-corrected chi connectivity index (χ3v) is 6.06. The molecule has 0 saturated carbocycles. The number of hydrogen-bond acceptors (Lipinski definition) is 5. The molecule has 0 radical (unpaired) electrons. The highest BCUT2D eigenvalue weighted by Crippen LogP contribution is 2.32. The average Bonchev–Trinajstić information content (AvgIpc) is 3.20. The highest BCUT2D eigenvalue weighted by molar-refractivity contribution is 7.19. The maximum Gasteiger partial charge on any atom is 0.272 e. The first-order valence-electron chi connectivity index (χ1n) is 9.34. The van der Waals surface area contributed by atoms with E-state index >= 15 is 0 Å². The summed E-state index contributed by atoms with van der Waals surface area (Å²) in [6, 6.07) is 9.05. The number of aromatic amines is 1. The van der Waals surface area contributed by atoms with Crippen molar-refractivity contribution in [3.05, 3.63) is 52.0 Å². The van der Waals surface area contributed by atoms with Gasteiger partial charge in [-0.2, -0.15) is 0 Å². The number of thiophene rings is 1. The van der Waals surface area contributed by atoms with E-state index in [2.05, 4.69) is 28.2 Å². The van der Waals surface area contributed by atoms with Crippen molar-refractivity contribution < 1.29 is 14.3 Å². The van der Waals surface area contributed by atoms with Crippen molar-refractivity contribution >= 4 is 38.9 Å². The average molecular weight is 398 g/mol. The first kappa shape index (κ1) is 18.9. The predicted octanol–water partition coefficient (Wildman–Crippen LogP) is 3.82. The molecule has 2 N–H and O–H groups in total. The number of hydrogen-bond donors (Lipinski definition) is 2. The van der Waals surface area contributed by atoms with E-state index in [1.165, 1.54) is 11.8 Å². The number of nitrogens with one attached hydrogen (secondary N) is 2. The van der Waals surface area contributed by atoms with E-state index in [0.717, 1.165) is 48.6 Å². The Bertz CT molecular complexity index is 1010. The number of aryl methyl sites for hydroxylation is 1. The lowest BCUT2D eigenvalue weighted by molar-refractivity contribution is 0.0343. The van der Waals surface area contributed by atoms with Gasteiger partial charge in [-0.15, -0.1) is 11.3 Å². The number of anilines is 1. The molecule has 1 aromatic carbocycles. The number of ether oxygens (including phenoxy) is 1. The first-order chi connectivity index (χ1) is 13.5. The number of nitrogens with zero attached hydrogens (tertiary/aromatic N) is 1. The summed E-state index contributed by atoms with van der Waals surface area (Å²) in [6.07, 6.45) is 0. The van der Waals surface area contributed by atoms with Crippen LogP contribution in [0.2, 0.25) is 0 Å². The number of benzene rings is 1. The van der Waals surface area contributed by atoms with Crippen molar-refractivity contribution in [2.45, 2.75) is 20.4 Å². The summed E-state index contributed by atoms with van der Waals surface area (Å²) in [7, 11) is 0. The number of rotatable bonds is 5. The largest absolute Gasteiger partial charge is 0.379 e. The molecule has 1 amide bonds. The van der Waals surface area contributed by atoms with Crippen molar-refractivity contribution in [2.24, 2.45) is 0 Å². The molecule has 0 spiro atoms. The molecule has 1 saturated heterocycles. The van der Waals surface area contributed by atoms with Crippen LogP contribution in [-0.4, -0.2) is 47.9 Å². The fourth-order valence-corrected chi connectivity index (χ4v) is 4.47. The molecule has 0 bridgehead atoms. The number of carbonyl (C=O) groups excluding carboxylic acids is 2. The Hall–Kier alpha value is -2.48. The molecule has 146 valence electrons. The van der Waals surface area contributed by atoms with Gasteiger partial charge in [-0.1, -0.05) is 0 Å². The van der Waals surface area contributed by atoms with Gasteiger partial charge in [0.2, 0.25) is 0 Å². The molecule has 3 heterocycles. The number of amides is 1. The lowest BCUT2D eigenvalue weighted by Gasteiger charge is -2.26. The van der Waals surface area contributed by atoms with Crippen LogP contribution < -0.4 is 5.32 Å². The van der Waals surface area contributed by atoms with E-state index in [0.29, 0.717) is 16.9 Å². The van der Waals surface area contributed by atoms with Crippen LogP contribution in [0.15, 0.2) is 30.3 Å². The Kier molecular flexibility index (Phi) is 5.30. The molecule has 0 unspecified atom stereocenters. The van der Waals surface area contributed by atoms with Gasteiger partial charge in [-0.05, 0) is 44.2 Å². The fourth-order valence-electron chi connectivity index (χ4n) is 3.46. The number of H-pyrrole nitrogens is 1. The molecule has 0 atom stereocenters. The van der Waals surface area contributed by atoms with E-state index < -0.39 is 0 Å². The van der Waals surface area contributed by atoms with Crippen LogP contribution in [0.4, 0.5) is 5.69 Å². The topological polar surface area (TPSA) is 74.4 Å². The van der Waals surface area contributed by atoms with Gasteiger partial charge in [-0.25, -0.2) is 0 Å². The van der Waals surface area contributed by atoms with Crippen molar-refractivity contribution in [1.82, 2.24) is 9.88 Å². The highest BCUT2D eigenvalue weighted by Gasteiger charge is 2.22. The lowest BCUT2D eigenvalue weighted by atomic mass is 10.1. The quantitative estimate of drug-likeness (QED) is 0.642. The molecule has 28 heavy (non-hydrogen) atoms. The maximum atomic E-state index is 13.0. The molecular weight excluding hydrogens is 374 g/mol. The van der Waals surface area contributed by atoms with E-state index in [-0.39, 0.29) is 11.7 Å². The van der Waals surface area contributed by atoms with Gasteiger partial charge in [0.05, 0.1) is 23.4 Å². The zero-order chi connectivity index (χ0) is 19.7. The summed E-state index contributed by atoms with van der Waals surface area (Å²) in [5.41, 5.74) is 3.93. The second-order valence-corrected chi connectivity index (χ2v) is 8.31. The van der Waals surface area contributed by atoms with Crippen LogP contribution in [0.1, 0.15) is 38.2 Å². The number of aromatic nitrogens is 1. The van der Waals surface area contributed by atoms with Crippen molar-refractivity contribution in [3.8, 4) is 0 Å². The van der Waals surface area contributed by atoms with Crippen molar-refractivity contribution in [2.75, 3.05) is 31.6 Å². The minimum atomic E-state index is -0.167. The molecule has 7 heteroatoms. The molecular formula is C21H23N3O3S. The third kappa shape index (κ3) is 3.87. The zero-order valence-electron chi connectivity index (χ0n) is 16.0. The number of carbonyl (C=O) groups is 2. The molecule has 4 rings (SSSR count). The van der Waals surface area contributed by atoms with Gasteiger partial charge in [0.15, 0.2) is 5.78 Å². The van der Waals surface area contributed by atoms with E-state index in [4.69, 9.17) is 4.74 Å². The summed E-state index contributed by atoms with van der Waals surface area (Å²) in [4.78, 5) is 31.3. The fraction of sp³-hybridized carbons (Fsp3) is 0.333. The minimum Gasteiger partial charge on any atom is -0.379 e. The molecule has 3 aromatic rings. The van der Waals surface area contributed by atoms with Crippen molar-refractivity contribution in [1.29, 1.82) is 0 Å². The Morgan fingerprint density at radius 2 is 1.93 bits per heavy atom. The van der Waals surface area contributed by atoms with Crippen LogP contribution in [0.25, 0.3) is 10.2 Å². The van der Waals surface area contributed by atoms with Crippen LogP contribution >= 0.6 is 11.3 Å². The van der Waals surface area contributed by atoms with Gasteiger partial charge in [0.25, 0.3) is 5.91 Å². The smallest absolute Gasteiger partial charge is 0.272 e. The molecule has 0 aliphatic carbocycles. The molecule has 2 aromatic heterocycles. The Morgan fingerprint density at radius 3 is 2.61 bits per heavy atom. The zero-order valence-corrected chi connectivity index (χ0v) is 16.8. The van der Waals surface area contributed by atoms with Gasteiger partial charge in [0, 0.05) is 41.3 Å². The van der Waals surface area contributed by atoms with Crippen LogP contribution in [0, 0.1) is 6.92 Å². The summed E-state index contributed by atoms with van der Waals surface area (Å²) >= 11 is 1.71. The number of Topliss-reactive ketones (excluding diaryl/α,β-unsaturated/α-hetero) is 1. The highest BCUT2D eigenvalue weighted by atomic mass is 32.1. The second kappa shape index (κ2) is 7.87. The van der Waals surface area contributed by atoms with Gasteiger partial charge in [-0.3, -0.25) is 14.5 Å². The van der Waals surface area contributed by atoms with E-state index in [1.807, 2.05) is 0 Å². The standard InChI is InChI=1S/C21H23N3O3S/c1-13-11-18-20(28-13)17(12-24-7-9-27-10-8-24)19(23-18)21(26)22-16-5-3-15(4-6-16)14(2)25/h3-6,11,23H,7-10,12H2,1-2H3,(H,22,26). The van der Waals surface area contributed by atoms with Crippen LogP contribution in [-0.2, 0) is 11.3 Å². The van der Waals surface area contributed by atoms with E-state index in [9.17, 15) is 9.59 Å². The summed E-state index contributed by atoms with van der Waals surface area (Å²) in [6.45, 7) is 7.50. The summed E-state index contributed by atoms with van der Waals surface area (Å²) in [5.74, 6) is -0.162. The van der Waals surface area contributed by atoms with Crippen LogP contribution in [0.3, 0.4) is 0 Å². The Labute approximate surface area is 167 Å². The Balaban J connectivity index is 1.61. The lowest BCUT2D eigenvalue weighted by Crippen LogP contribution is -2.36. The summed E-state index contributed by atoms with van der Waals surface area (Å²) < 4.78 is 6.58. The molecule has 1 aliphatic rings. The normalized spacial score (nSPS) is 15.1. The van der Waals surface area contributed by atoms with Crippen molar-refractivity contribution in [3.63, 3.8) is 0 Å². The predicted molar refractivity (Wildman–Crippen MR) is 111 cm³/mol. The van der Waals surface area contributed by atoms with Gasteiger partial charge >= 0.3 is 0 Å². The number of ketones is 1. The molecule has 1 fully saturated rings. The SMILES string of the molecule is CC(=O)c1ccc(NC(=O)c2[nH]c3cc(C)sc3c2CN2CCOCC2)cc1. The first-order valence-corrected chi connectivity index (χ1v) is 10.2. The third-order valence-electron chi connectivity index (χ3n) is 4.95. The molecule has 1 aliphatic heterocycles. The van der Waals surface area contributed by atoms with Crippen LogP contribution in [0.5, 0.6) is 0 Å². The number of fused-ring (bicyclic) bond motifs is 1.